The van der Waals surface area contributed by atoms with E-state index >= 15 is 0 Å². The first-order valence-corrected chi connectivity index (χ1v) is 40.3. The summed E-state index contributed by atoms with van der Waals surface area (Å²) in [7, 11) is 1.46. The minimum absolute atomic E-state index is 0.0244. The Kier molecular flexibility index (Phi) is 69.9. The topological polar surface area (TPSA) is 108 Å². The number of ether oxygens (including phenoxy) is 2. The van der Waals surface area contributed by atoms with E-state index in [4.69, 9.17) is 18.5 Å². The van der Waals surface area contributed by atoms with Crippen LogP contribution in [0.25, 0.3) is 0 Å². The SMILES string of the molecule is CC/C=C\C/C=C\C/C=C\C/C=C\C/C=C\C/C=C\C/C=C\C/C=C\C/C=C\C/C=C\CCCCCCCCC(=O)OC(COC(=O)CCCCCCCCCCCCCCCCCCCCCCCCCCCCCCCCCC)COP(=O)(O)OCC[N+](C)(C)C. The lowest BCUT2D eigenvalue weighted by atomic mass is 10.0. The van der Waals surface area contributed by atoms with Crippen molar-refractivity contribution in [1.82, 2.24) is 0 Å². The van der Waals surface area contributed by atoms with E-state index in [1.54, 1.807) is 0 Å². The van der Waals surface area contributed by atoms with Crippen LogP contribution < -0.4 is 0 Å². The summed E-state index contributed by atoms with van der Waals surface area (Å²) in [4.78, 5) is 36.0. The molecule has 10 heteroatoms. The molecule has 0 heterocycles. The van der Waals surface area contributed by atoms with Crippen molar-refractivity contribution in [2.24, 2.45) is 0 Å². The summed E-state index contributed by atoms with van der Waals surface area (Å²) in [5.74, 6) is -0.808. The molecule has 0 aliphatic rings. The van der Waals surface area contributed by atoms with Crippen LogP contribution in [0.4, 0.5) is 0 Å². The van der Waals surface area contributed by atoms with Gasteiger partial charge in [-0.1, -0.05) is 360 Å². The molecular weight excluding hydrogens is 1170 g/mol. The second-order valence-electron chi connectivity index (χ2n) is 27.0. The Hall–Kier alpha value is -3.59. The van der Waals surface area contributed by atoms with Crippen molar-refractivity contribution in [2.45, 2.75) is 347 Å². The van der Waals surface area contributed by atoms with Gasteiger partial charge in [-0.25, -0.2) is 4.57 Å². The fraction of sp³-hybridized carbons (Fsp3) is 0.735. The molecule has 0 aliphatic carbocycles. The lowest BCUT2D eigenvalue weighted by Gasteiger charge is -2.24. The van der Waals surface area contributed by atoms with Crippen LogP contribution in [0.5, 0.6) is 0 Å². The maximum atomic E-state index is 12.9. The van der Waals surface area contributed by atoms with Gasteiger partial charge >= 0.3 is 19.8 Å². The quantitative estimate of drug-likeness (QED) is 0.0211. The number of phosphoric acid groups is 1. The first-order chi connectivity index (χ1) is 45.5. The Balaban J connectivity index is 4.06. The van der Waals surface area contributed by atoms with Gasteiger partial charge in [0.05, 0.1) is 27.7 Å². The maximum Gasteiger partial charge on any atom is 0.472 e. The van der Waals surface area contributed by atoms with Crippen molar-refractivity contribution < 1.29 is 42.1 Å². The fourth-order valence-electron chi connectivity index (χ4n) is 10.9. The van der Waals surface area contributed by atoms with E-state index in [0.717, 1.165) is 122 Å². The summed E-state index contributed by atoms with van der Waals surface area (Å²) in [6.45, 7) is 4.34. The summed E-state index contributed by atoms with van der Waals surface area (Å²) in [5.41, 5.74) is 0. The van der Waals surface area contributed by atoms with Gasteiger partial charge in [-0.2, -0.15) is 0 Å². The highest BCUT2D eigenvalue weighted by atomic mass is 31.2. The zero-order chi connectivity index (χ0) is 67.6. The van der Waals surface area contributed by atoms with Crippen LogP contribution in [0.3, 0.4) is 0 Å². The predicted octanol–water partition coefficient (Wildman–Crippen LogP) is 25.8. The van der Waals surface area contributed by atoms with Crippen molar-refractivity contribution in [3.05, 3.63) is 122 Å². The number of quaternary nitrogens is 1. The number of esters is 2. The molecule has 0 aromatic heterocycles. The van der Waals surface area contributed by atoms with Crippen LogP contribution in [-0.4, -0.2) is 74.9 Å². The van der Waals surface area contributed by atoms with E-state index in [1.165, 1.54) is 186 Å². The monoisotopic (exact) mass is 1320 g/mol. The lowest BCUT2D eigenvalue weighted by molar-refractivity contribution is -0.870. The molecule has 0 fully saturated rings. The normalized spacial score (nSPS) is 13.7. The van der Waals surface area contributed by atoms with Gasteiger partial charge < -0.3 is 18.9 Å². The van der Waals surface area contributed by atoms with Crippen molar-refractivity contribution in [1.29, 1.82) is 0 Å². The Labute approximate surface area is 575 Å². The molecule has 1 N–H and O–H groups in total. The van der Waals surface area contributed by atoms with Crippen molar-refractivity contribution in [2.75, 3.05) is 47.5 Å². The van der Waals surface area contributed by atoms with Crippen molar-refractivity contribution in [3.63, 3.8) is 0 Å². The number of carbonyl (C=O) groups excluding carboxylic acids is 2. The zero-order valence-corrected chi connectivity index (χ0v) is 62.1. The molecule has 2 atom stereocenters. The molecular formula is C83H147NO8P+. The van der Waals surface area contributed by atoms with Gasteiger partial charge in [0.2, 0.25) is 0 Å². The minimum atomic E-state index is -4.41. The Morgan fingerprint density at radius 3 is 0.914 bits per heavy atom. The van der Waals surface area contributed by atoms with Crippen LogP contribution in [0.15, 0.2) is 122 Å². The fourth-order valence-corrected chi connectivity index (χ4v) is 11.6. The number of rotatable bonds is 71. The third-order valence-electron chi connectivity index (χ3n) is 16.8. The zero-order valence-electron chi connectivity index (χ0n) is 61.2. The number of hydrogen-bond donors (Lipinski definition) is 1. The van der Waals surface area contributed by atoms with Crippen LogP contribution in [0.2, 0.25) is 0 Å². The van der Waals surface area contributed by atoms with E-state index in [2.05, 4.69) is 135 Å². The second kappa shape index (κ2) is 72.7. The second-order valence-corrected chi connectivity index (χ2v) is 28.5. The van der Waals surface area contributed by atoms with Gasteiger partial charge in [0.15, 0.2) is 6.10 Å². The van der Waals surface area contributed by atoms with E-state index < -0.39 is 26.5 Å². The molecule has 0 aromatic carbocycles. The number of nitrogens with zero attached hydrogens (tertiary/aromatic N) is 1. The van der Waals surface area contributed by atoms with E-state index in [1.807, 2.05) is 21.1 Å². The molecule has 0 aromatic rings. The number of unbranched alkanes of at least 4 members (excludes halogenated alkanes) is 37. The third-order valence-corrected chi connectivity index (χ3v) is 17.7. The predicted molar refractivity (Wildman–Crippen MR) is 404 cm³/mol. The summed E-state index contributed by atoms with van der Waals surface area (Å²) >= 11 is 0. The molecule has 0 bridgehead atoms. The molecule has 0 saturated heterocycles. The first-order valence-electron chi connectivity index (χ1n) is 38.8. The Morgan fingerprint density at radius 1 is 0.344 bits per heavy atom. The van der Waals surface area contributed by atoms with Gasteiger partial charge in [-0.05, 0) is 89.9 Å². The van der Waals surface area contributed by atoms with Gasteiger partial charge in [0, 0.05) is 12.8 Å². The lowest BCUT2D eigenvalue weighted by Crippen LogP contribution is -2.37. The first kappa shape index (κ1) is 89.4. The molecule has 0 amide bonds. The molecule has 536 valence electrons. The average Bonchev–Trinajstić information content (AvgIpc) is 2.27. The number of allylic oxidation sites excluding steroid dienone is 20. The van der Waals surface area contributed by atoms with Gasteiger partial charge in [0.25, 0.3) is 0 Å². The highest BCUT2D eigenvalue weighted by Gasteiger charge is 2.27. The number of phosphoric ester groups is 1. The van der Waals surface area contributed by atoms with E-state index in [0.29, 0.717) is 17.4 Å². The van der Waals surface area contributed by atoms with Gasteiger partial charge in [0.1, 0.15) is 19.8 Å². The van der Waals surface area contributed by atoms with Gasteiger partial charge in [-0.15, -0.1) is 0 Å². The number of likely N-dealkylation sites (N-methyl/N-ethyl adjacent to an activating group) is 1. The van der Waals surface area contributed by atoms with Crippen molar-refractivity contribution in [3.8, 4) is 0 Å². The average molecular weight is 1320 g/mol. The molecule has 2 unspecified atom stereocenters. The molecule has 0 spiro atoms. The molecule has 93 heavy (non-hydrogen) atoms. The standard InChI is InChI=1S/C83H146NO8P/c1-6-8-10-12-14-16-18-20-22-24-26-28-30-32-34-36-38-40-41-42-43-44-46-48-50-52-54-56-58-60-62-64-66-68-70-72-74-76-83(86)92-81(80-91-93(87,88)90-78-77-84(3,4)5)79-89-82(85)75-73-71-69-67-65-63-61-59-57-55-53-51-49-47-45-39-37-35-33-31-29-27-25-23-21-19-17-15-13-11-9-7-2/h8,10,14,16,20,22,26,28,32,34,38,40,42-43,46,48,52,54,58,60,81H,6-7,9,11-13,15,17-19,21,23-25,27,29-31,33,35-37,39,41,44-45,47,49-51,53,55-57,59,61-80H2,1-5H3/p+1/b10-8-,16-14-,22-20-,28-26-,34-32-,40-38-,43-42-,48-46-,54-52-,60-58-. The summed E-state index contributed by atoms with van der Waals surface area (Å²) in [6, 6.07) is 0. The van der Waals surface area contributed by atoms with Crippen LogP contribution in [-0.2, 0) is 32.7 Å². The van der Waals surface area contributed by atoms with E-state index in [-0.39, 0.29) is 32.0 Å². The van der Waals surface area contributed by atoms with Crippen LogP contribution >= 0.6 is 7.82 Å². The molecule has 0 radical (unpaired) electrons. The van der Waals surface area contributed by atoms with Gasteiger partial charge in [-0.3, -0.25) is 18.6 Å². The summed E-state index contributed by atoms with van der Waals surface area (Å²) in [5, 5.41) is 0. The summed E-state index contributed by atoms with van der Waals surface area (Å²) in [6.07, 6.45) is 105. The number of hydrogen-bond acceptors (Lipinski definition) is 7. The summed E-state index contributed by atoms with van der Waals surface area (Å²) < 4.78 is 34.8. The highest BCUT2D eigenvalue weighted by molar-refractivity contribution is 7.47. The largest absolute Gasteiger partial charge is 0.472 e. The molecule has 0 aliphatic heterocycles. The maximum absolute atomic E-state index is 12.9. The highest BCUT2D eigenvalue weighted by Crippen LogP contribution is 2.43. The third kappa shape index (κ3) is 77.3. The Morgan fingerprint density at radius 2 is 0.613 bits per heavy atom. The van der Waals surface area contributed by atoms with Crippen LogP contribution in [0.1, 0.15) is 341 Å². The Bertz CT molecular complexity index is 1990. The molecule has 9 nitrogen and oxygen atoms in total. The van der Waals surface area contributed by atoms with Crippen molar-refractivity contribution >= 4 is 19.8 Å². The van der Waals surface area contributed by atoms with E-state index in [9.17, 15) is 19.0 Å². The minimum Gasteiger partial charge on any atom is -0.462 e. The smallest absolute Gasteiger partial charge is 0.462 e. The molecule has 0 saturated carbocycles. The number of carbonyl (C=O) groups is 2. The van der Waals surface area contributed by atoms with Crippen LogP contribution in [0, 0.1) is 0 Å². The molecule has 0 rings (SSSR count).